The quantitative estimate of drug-likeness (QED) is 0.547. The van der Waals surface area contributed by atoms with Gasteiger partial charge in [0.2, 0.25) is 5.91 Å². The summed E-state index contributed by atoms with van der Waals surface area (Å²) in [5.41, 5.74) is 1.53. The third kappa shape index (κ3) is 4.99. The van der Waals surface area contributed by atoms with Crippen LogP contribution < -0.4 is 10.1 Å². The lowest BCUT2D eigenvalue weighted by Gasteiger charge is -2.26. The van der Waals surface area contributed by atoms with E-state index in [4.69, 9.17) is 4.74 Å². The van der Waals surface area contributed by atoms with Crippen molar-refractivity contribution in [3.8, 4) is 22.8 Å². The highest BCUT2D eigenvalue weighted by molar-refractivity contribution is 8.00. The molecule has 1 amide bonds. The van der Waals surface area contributed by atoms with E-state index in [1.807, 2.05) is 61.7 Å². The number of carbonyl (C=O) groups excluding carboxylic acids is 1. The number of carbonyl (C=O) groups is 1. The molecule has 1 aromatic carbocycles. The Labute approximate surface area is 181 Å². The number of aromatic nitrogens is 4. The van der Waals surface area contributed by atoms with Crippen LogP contribution in [0, 0.1) is 0 Å². The topological polar surface area (TPSA) is 81.9 Å². The van der Waals surface area contributed by atoms with Gasteiger partial charge in [0.15, 0.2) is 11.0 Å². The van der Waals surface area contributed by atoms with E-state index in [9.17, 15) is 4.79 Å². The minimum absolute atomic E-state index is 0.0263. The van der Waals surface area contributed by atoms with Gasteiger partial charge in [-0.05, 0) is 63.6 Å². The van der Waals surface area contributed by atoms with Gasteiger partial charge in [-0.25, -0.2) is 0 Å². The molecular weight excluding hydrogens is 398 g/mol. The second-order valence-electron chi connectivity index (χ2n) is 7.56. The summed E-state index contributed by atoms with van der Waals surface area (Å²) in [5, 5.41) is 12.2. The Morgan fingerprint density at radius 2 is 1.83 bits per heavy atom. The average Bonchev–Trinajstić information content (AvgIpc) is 3.17. The molecule has 0 aliphatic rings. The zero-order valence-corrected chi connectivity index (χ0v) is 18.7. The number of thioether (sulfide) groups is 1. The predicted octanol–water partition coefficient (Wildman–Crippen LogP) is 4.12. The number of nitrogens with one attached hydrogen (secondary N) is 1. The number of methoxy groups -OCH3 is 1. The molecule has 1 unspecified atom stereocenters. The lowest BCUT2D eigenvalue weighted by molar-refractivity contribution is -0.121. The molecule has 0 saturated carbocycles. The SMILES string of the molecule is CCC(C)(C)NC(=O)C(C)Sc1nnc(-c2ccncc2)n1-c1ccc(OC)cc1. The summed E-state index contributed by atoms with van der Waals surface area (Å²) >= 11 is 1.38. The molecule has 1 N–H and O–H groups in total. The first-order valence-electron chi connectivity index (χ1n) is 9.83. The van der Waals surface area contributed by atoms with E-state index in [0.29, 0.717) is 11.0 Å². The van der Waals surface area contributed by atoms with Gasteiger partial charge in [0.25, 0.3) is 0 Å². The van der Waals surface area contributed by atoms with Gasteiger partial charge in [-0.1, -0.05) is 18.7 Å². The number of rotatable bonds is 8. The molecule has 30 heavy (non-hydrogen) atoms. The van der Waals surface area contributed by atoms with Crippen molar-refractivity contribution in [3.05, 3.63) is 48.8 Å². The van der Waals surface area contributed by atoms with Gasteiger partial charge >= 0.3 is 0 Å². The van der Waals surface area contributed by atoms with Gasteiger partial charge in [-0.2, -0.15) is 0 Å². The molecule has 7 nitrogen and oxygen atoms in total. The Morgan fingerprint density at radius 1 is 1.17 bits per heavy atom. The Balaban J connectivity index is 1.96. The summed E-state index contributed by atoms with van der Waals surface area (Å²) in [6, 6.07) is 11.4. The van der Waals surface area contributed by atoms with E-state index in [-0.39, 0.29) is 16.7 Å². The van der Waals surface area contributed by atoms with Gasteiger partial charge in [0.1, 0.15) is 5.75 Å². The summed E-state index contributed by atoms with van der Waals surface area (Å²) in [5.74, 6) is 1.43. The summed E-state index contributed by atoms with van der Waals surface area (Å²) in [6.07, 6.45) is 4.29. The van der Waals surface area contributed by atoms with Crippen LogP contribution in [0.5, 0.6) is 5.75 Å². The first kappa shape index (κ1) is 21.8. The normalized spacial score (nSPS) is 12.4. The molecule has 3 aromatic rings. The minimum atomic E-state index is -0.331. The summed E-state index contributed by atoms with van der Waals surface area (Å²) < 4.78 is 7.23. The minimum Gasteiger partial charge on any atom is -0.497 e. The maximum Gasteiger partial charge on any atom is 0.233 e. The van der Waals surface area contributed by atoms with Gasteiger partial charge in [-0.3, -0.25) is 14.3 Å². The third-order valence-corrected chi connectivity index (χ3v) is 5.94. The Kier molecular flexibility index (Phi) is 6.77. The van der Waals surface area contributed by atoms with Crippen LogP contribution >= 0.6 is 11.8 Å². The van der Waals surface area contributed by atoms with Crippen LogP contribution in [-0.4, -0.2) is 43.6 Å². The number of hydrogen-bond donors (Lipinski definition) is 1. The van der Waals surface area contributed by atoms with E-state index < -0.39 is 0 Å². The second-order valence-corrected chi connectivity index (χ2v) is 8.87. The molecular formula is C22H27N5O2S. The lowest BCUT2D eigenvalue weighted by Crippen LogP contribution is -2.46. The van der Waals surface area contributed by atoms with E-state index >= 15 is 0 Å². The monoisotopic (exact) mass is 425 g/mol. The number of ether oxygens (including phenoxy) is 1. The van der Waals surface area contributed by atoms with Crippen molar-refractivity contribution in [1.82, 2.24) is 25.1 Å². The molecule has 0 aliphatic carbocycles. The molecule has 0 fully saturated rings. The van der Waals surface area contributed by atoms with Crippen LogP contribution in [0.4, 0.5) is 0 Å². The first-order valence-corrected chi connectivity index (χ1v) is 10.7. The van der Waals surface area contributed by atoms with Crippen LogP contribution in [0.2, 0.25) is 0 Å². The third-order valence-electron chi connectivity index (χ3n) is 4.90. The van der Waals surface area contributed by atoms with Gasteiger partial charge in [0, 0.05) is 29.2 Å². The van der Waals surface area contributed by atoms with Crippen molar-refractivity contribution in [2.24, 2.45) is 0 Å². The fourth-order valence-electron chi connectivity index (χ4n) is 2.73. The average molecular weight is 426 g/mol. The number of amides is 1. The molecule has 1 atom stereocenters. The maximum atomic E-state index is 12.7. The Bertz CT molecular complexity index is 987. The molecule has 0 saturated heterocycles. The van der Waals surface area contributed by atoms with Gasteiger partial charge in [0.05, 0.1) is 12.4 Å². The van der Waals surface area contributed by atoms with E-state index in [2.05, 4.69) is 27.4 Å². The van der Waals surface area contributed by atoms with Crippen molar-refractivity contribution in [1.29, 1.82) is 0 Å². The van der Waals surface area contributed by atoms with Crippen molar-refractivity contribution in [2.45, 2.75) is 50.1 Å². The fourth-order valence-corrected chi connectivity index (χ4v) is 3.60. The summed E-state index contributed by atoms with van der Waals surface area (Å²) in [7, 11) is 1.63. The Morgan fingerprint density at radius 3 is 2.43 bits per heavy atom. The van der Waals surface area contributed by atoms with Crippen molar-refractivity contribution < 1.29 is 9.53 Å². The number of hydrogen-bond acceptors (Lipinski definition) is 6. The van der Waals surface area contributed by atoms with E-state index in [1.54, 1.807) is 19.5 Å². The highest BCUT2D eigenvalue weighted by atomic mass is 32.2. The molecule has 0 spiro atoms. The van der Waals surface area contributed by atoms with Gasteiger partial charge < -0.3 is 10.1 Å². The second kappa shape index (κ2) is 9.30. The molecule has 158 valence electrons. The maximum absolute atomic E-state index is 12.7. The molecule has 0 bridgehead atoms. The van der Waals surface area contributed by atoms with Crippen molar-refractivity contribution in [3.63, 3.8) is 0 Å². The largest absolute Gasteiger partial charge is 0.497 e. The van der Waals surface area contributed by atoms with Crippen LogP contribution in [-0.2, 0) is 4.79 Å². The fraction of sp³-hybridized carbons (Fsp3) is 0.364. The highest BCUT2D eigenvalue weighted by Gasteiger charge is 2.25. The predicted molar refractivity (Wildman–Crippen MR) is 119 cm³/mol. The summed E-state index contributed by atoms with van der Waals surface area (Å²) in [6.45, 7) is 7.97. The number of pyridine rings is 1. The molecule has 3 rings (SSSR count). The molecule has 8 heteroatoms. The lowest BCUT2D eigenvalue weighted by atomic mass is 10.0. The van der Waals surface area contributed by atoms with Crippen LogP contribution in [0.15, 0.2) is 53.9 Å². The summed E-state index contributed by atoms with van der Waals surface area (Å²) in [4.78, 5) is 16.8. The van der Waals surface area contributed by atoms with Crippen LogP contribution in [0.1, 0.15) is 34.1 Å². The zero-order chi connectivity index (χ0) is 21.7. The standard InChI is InChI=1S/C22H27N5O2S/c1-6-22(3,4)24-20(28)15(2)30-21-26-25-19(16-11-13-23-14-12-16)27(21)17-7-9-18(29-5)10-8-17/h7-15H,6H2,1-5H3,(H,24,28). The number of nitrogens with zero attached hydrogens (tertiary/aromatic N) is 4. The molecule has 2 heterocycles. The Hall–Kier alpha value is -2.87. The molecule has 2 aromatic heterocycles. The van der Waals surface area contributed by atoms with Crippen molar-refractivity contribution >= 4 is 17.7 Å². The van der Waals surface area contributed by atoms with Crippen molar-refractivity contribution in [2.75, 3.05) is 7.11 Å². The smallest absolute Gasteiger partial charge is 0.233 e. The van der Waals surface area contributed by atoms with Gasteiger partial charge in [-0.15, -0.1) is 10.2 Å². The molecule has 0 radical (unpaired) electrons. The van der Waals surface area contributed by atoms with E-state index in [0.717, 1.165) is 23.4 Å². The van der Waals surface area contributed by atoms with E-state index in [1.165, 1.54) is 11.8 Å². The zero-order valence-electron chi connectivity index (χ0n) is 17.9. The van der Waals surface area contributed by atoms with Crippen LogP contribution in [0.25, 0.3) is 17.1 Å². The number of benzene rings is 1. The first-order chi connectivity index (χ1) is 14.3. The van der Waals surface area contributed by atoms with Crippen LogP contribution in [0.3, 0.4) is 0 Å². The highest BCUT2D eigenvalue weighted by Crippen LogP contribution is 2.31. The molecule has 0 aliphatic heterocycles.